The van der Waals surface area contributed by atoms with Crippen molar-refractivity contribution in [2.45, 2.75) is 0 Å². The van der Waals surface area contributed by atoms with Crippen molar-refractivity contribution in [2.75, 3.05) is 10.6 Å². The van der Waals surface area contributed by atoms with E-state index in [0.29, 0.717) is 0 Å². The molecule has 3 N–H and O–H groups in total. The highest BCUT2D eigenvalue weighted by molar-refractivity contribution is 6.06. The van der Waals surface area contributed by atoms with Crippen molar-refractivity contribution in [3.05, 3.63) is 52.5 Å². The molecule has 0 unspecified atom stereocenters. The van der Waals surface area contributed by atoms with Gasteiger partial charge in [-0.2, -0.15) is 15.3 Å². The molecule has 0 fully saturated rings. The number of carbonyl (C=O) groups is 1. The summed E-state index contributed by atoms with van der Waals surface area (Å²) in [5.41, 5.74) is -0.192. The first-order valence-corrected chi connectivity index (χ1v) is 5.88. The van der Waals surface area contributed by atoms with Crippen LogP contribution >= 0.6 is 0 Å². The van der Waals surface area contributed by atoms with E-state index in [1.54, 1.807) is 6.07 Å². The summed E-state index contributed by atoms with van der Waals surface area (Å²) in [7, 11) is 0. The number of hydrogen-bond donors (Lipinski definition) is 3. The Morgan fingerprint density at radius 1 is 1.50 bits per heavy atom. The van der Waals surface area contributed by atoms with Crippen molar-refractivity contribution in [3.63, 3.8) is 0 Å². The number of benzene rings is 1. The van der Waals surface area contributed by atoms with Gasteiger partial charge in [-0.3, -0.25) is 14.9 Å². The Labute approximate surface area is 123 Å². The molecular weight excluding hydrogens is 290 g/mol. The highest BCUT2D eigenvalue weighted by Crippen LogP contribution is 2.17. The molecule has 10 heteroatoms. The second-order valence-corrected chi connectivity index (χ2v) is 3.91. The number of aromatic amines is 1. The molecular formula is C12H9N7O3. The number of nitro benzene ring substituents is 1. The van der Waals surface area contributed by atoms with Gasteiger partial charge < -0.3 is 10.6 Å². The number of non-ortho nitro benzene ring substituents is 1. The Hall–Kier alpha value is -3.74. The van der Waals surface area contributed by atoms with Gasteiger partial charge >= 0.3 is 0 Å². The van der Waals surface area contributed by atoms with Crippen LogP contribution in [0.5, 0.6) is 0 Å². The molecule has 1 heterocycles. The van der Waals surface area contributed by atoms with Gasteiger partial charge in [-0.15, -0.1) is 0 Å². The van der Waals surface area contributed by atoms with E-state index in [1.807, 2.05) is 0 Å². The summed E-state index contributed by atoms with van der Waals surface area (Å²) in [6.45, 7) is 0. The fourth-order valence-electron chi connectivity index (χ4n) is 1.46. The average molecular weight is 299 g/mol. The third kappa shape index (κ3) is 3.64. The number of hydrogen-bond acceptors (Lipinski definition) is 7. The Morgan fingerprint density at radius 3 is 2.95 bits per heavy atom. The fourth-order valence-corrected chi connectivity index (χ4v) is 1.46. The van der Waals surface area contributed by atoms with Crippen LogP contribution in [0.3, 0.4) is 0 Å². The van der Waals surface area contributed by atoms with Gasteiger partial charge in [0, 0.05) is 24.0 Å². The van der Waals surface area contributed by atoms with Gasteiger partial charge in [-0.05, 0) is 6.07 Å². The molecule has 10 nitrogen and oxygen atoms in total. The van der Waals surface area contributed by atoms with Crippen molar-refractivity contribution in [2.24, 2.45) is 0 Å². The molecule has 1 aromatic heterocycles. The quantitative estimate of drug-likeness (QED) is 0.324. The molecule has 0 radical (unpaired) electrons. The van der Waals surface area contributed by atoms with Gasteiger partial charge in [-0.1, -0.05) is 6.07 Å². The van der Waals surface area contributed by atoms with Crippen LogP contribution in [0.4, 0.5) is 17.3 Å². The van der Waals surface area contributed by atoms with E-state index < -0.39 is 10.8 Å². The molecule has 22 heavy (non-hydrogen) atoms. The lowest BCUT2D eigenvalue weighted by molar-refractivity contribution is -0.384. The number of carbonyl (C=O) groups excluding carboxylic acids is 1. The maximum Gasteiger partial charge on any atom is 0.271 e. The topological polar surface area (TPSA) is 150 Å². The number of amides is 1. The molecule has 0 aliphatic carbocycles. The zero-order chi connectivity index (χ0) is 15.9. The summed E-state index contributed by atoms with van der Waals surface area (Å²) < 4.78 is 0. The smallest absolute Gasteiger partial charge is 0.271 e. The minimum Gasteiger partial charge on any atom is -0.330 e. The lowest BCUT2D eigenvalue weighted by Crippen LogP contribution is -2.14. The van der Waals surface area contributed by atoms with Crippen molar-refractivity contribution in [1.29, 1.82) is 5.26 Å². The van der Waals surface area contributed by atoms with E-state index in [1.165, 1.54) is 30.6 Å². The summed E-state index contributed by atoms with van der Waals surface area (Å²) >= 11 is 0. The van der Waals surface area contributed by atoms with E-state index in [-0.39, 0.29) is 22.9 Å². The molecule has 0 atom stereocenters. The van der Waals surface area contributed by atoms with Crippen molar-refractivity contribution >= 4 is 23.2 Å². The van der Waals surface area contributed by atoms with E-state index in [4.69, 9.17) is 5.26 Å². The van der Waals surface area contributed by atoms with E-state index >= 15 is 0 Å². The number of nitro groups is 1. The lowest BCUT2D eigenvalue weighted by atomic mass is 10.2. The highest BCUT2D eigenvalue weighted by atomic mass is 16.6. The van der Waals surface area contributed by atoms with Crippen LogP contribution in [0.15, 0.2) is 42.4 Å². The predicted molar refractivity (Wildman–Crippen MR) is 75.4 cm³/mol. The minimum atomic E-state index is -0.713. The average Bonchev–Trinajstić information content (AvgIpc) is 3.01. The second-order valence-electron chi connectivity index (χ2n) is 3.91. The molecule has 1 amide bonds. The Bertz CT molecular complexity index is 761. The normalized spacial score (nSPS) is 10.6. The second kappa shape index (κ2) is 6.62. The van der Waals surface area contributed by atoms with E-state index in [0.717, 1.165) is 6.20 Å². The van der Waals surface area contributed by atoms with Gasteiger partial charge in [0.25, 0.3) is 11.6 Å². The molecule has 1 aromatic carbocycles. The maximum absolute atomic E-state index is 11.9. The number of nitrogens with one attached hydrogen (secondary N) is 3. The molecule has 2 aromatic rings. The first-order valence-electron chi connectivity index (χ1n) is 5.88. The Balaban J connectivity index is 2.09. The van der Waals surface area contributed by atoms with Crippen LogP contribution < -0.4 is 10.6 Å². The zero-order valence-corrected chi connectivity index (χ0v) is 11.0. The van der Waals surface area contributed by atoms with Crippen LogP contribution in [-0.4, -0.2) is 26.0 Å². The summed E-state index contributed by atoms with van der Waals surface area (Å²) in [5.74, 6) is -0.453. The summed E-state index contributed by atoms with van der Waals surface area (Å²) in [6.07, 6.45) is 2.40. The minimum absolute atomic E-state index is 0.167. The molecule has 0 saturated heterocycles. The van der Waals surface area contributed by atoms with Gasteiger partial charge in [0.15, 0.2) is 0 Å². The van der Waals surface area contributed by atoms with Crippen LogP contribution in [0.25, 0.3) is 0 Å². The number of aromatic nitrogens is 3. The lowest BCUT2D eigenvalue weighted by Gasteiger charge is -2.04. The predicted octanol–water partition coefficient (Wildman–Crippen LogP) is 1.17. The molecule has 2 rings (SSSR count). The first kappa shape index (κ1) is 14.7. The SMILES string of the molecule is N#C/C(=C/Nc1ncn[nH]1)C(=O)Nc1cccc([N+](=O)[O-])c1. The van der Waals surface area contributed by atoms with E-state index in [2.05, 4.69) is 25.8 Å². The standard InChI is InChI=1S/C12H9N7O3/c13-5-8(6-14-12-15-7-16-18-12)11(20)17-9-2-1-3-10(4-9)19(21)22/h1-4,6-7H,(H,17,20)(H2,14,15,16,18)/b8-6-. The molecule has 0 aliphatic rings. The number of rotatable bonds is 5. The number of anilines is 2. The van der Waals surface area contributed by atoms with Crippen LogP contribution in [-0.2, 0) is 4.79 Å². The molecule has 0 aliphatic heterocycles. The number of H-pyrrole nitrogens is 1. The molecule has 0 bridgehead atoms. The summed E-state index contributed by atoms with van der Waals surface area (Å²) in [4.78, 5) is 25.8. The molecule has 0 spiro atoms. The first-order chi connectivity index (χ1) is 10.6. The largest absolute Gasteiger partial charge is 0.330 e. The summed E-state index contributed by atoms with van der Waals surface area (Å²) in [5, 5.41) is 30.7. The third-order valence-corrected chi connectivity index (χ3v) is 2.45. The van der Waals surface area contributed by atoms with E-state index in [9.17, 15) is 14.9 Å². The van der Waals surface area contributed by atoms with Crippen LogP contribution in [0.2, 0.25) is 0 Å². The number of nitrogens with zero attached hydrogens (tertiary/aromatic N) is 4. The van der Waals surface area contributed by atoms with Crippen molar-refractivity contribution in [1.82, 2.24) is 15.2 Å². The Kier molecular flexibility index (Phi) is 4.41. The monoisotopic (exact) mass is 299 g/mol. The van der Waals surface area contributed by atoms with Crippen LogP contribution in [0.1, 0.15) is 0 Å². The fraction of sp³-hybridized carbons (Fsp3) is 0. The molecule has 110 valence electrons. The van der Waals surface area contributed by atoms with Gasteiger partial charge in [0.1, 0.15) is 18.0 Å². The third-order valence-electron chi connectivity index (χ3n) is 2.45. The van der Waals surface area contributed by atoms with Gasteiger partial charge in [0.05, 0.1) is 4.92 Å². The van der Waals surface area contributed by atoms with Crippen molar-refractivity contribution < 1.29 is 9.72 Å². The van der Waals surface area contributed by atoms with Crippen molar-refractivity contribution in [3.8, 4) is 6.07 Å². The zero-order valence-electron chi connectivity index (χ0n) is 11.0. The van der Waals surface area contributed by atoms with Gasteiger partial charge in [0.2, 0.25) is 5.95 Å². The maximum atomic E-state index is 11.9. The molecule has 0 saturated carbocycles. The number of nitriles is 1. The summed E-state index contributed by atoms with van der Waals surface area (Å²) in [6, 6.07) is 7.10. The highest BCUT2D eigenvalue weighted by Gasteiger charge is 2.12. The van der Waals surface area contributed by atoms with Gasteiger partial charge in [-0.25, -0.2) is 5.10 Å². The Morgan fingerprint density at radius 2 is 2.32 bits per heavy atom. The van der Waals surface area contributed by atoms with Crippen LogP contribution in [0, 0.1) is 21.4 Å².